The average Bonchev–Trinajstić information content (AvgIpc) is 3.29. The summed E-state index contributed by atoms with van der Waals surface area (Å²) in [6.45, 7) is 2.57. The van der Waals surface area contributed by atoms with Gasteiger partial charge in [-0.05, 0) is 37.3 Å². The second-order valence-electron chi connectivity index (χ2n) is 7.90. The number of carbonyl (C=O) groups excluding carboxylic acids is 2. The zero-order chi connectivity index (χ0) is 22.1. The first kappa shape index (κ1) is 22.4. The summed E-state index contributed by atoms with van der Waals surface area (Å²) < 4.78 is 5.67. The fourth-order valence-corrected chi connectivity index (χ4v) is 4.14. The first-order chi connectivity index (χ1) is 15.1. The molecule has 1 aliphatic rings. The highest BCUT2D eigenvalue weighted by Gasteiger charge is 2.38. The highest BCUT2D eigenvalue weighted by molar-refractivity contribution is 5.79. The molecule has 6 nitrogen and oxygen atoms in total. The molecule has 3 rings (SSSR count). The molecule has 0 unspecified atom stereocenters. The summed E-state index contributed by atoms with van der Waals surface area (Å²) in [5.41, 5.74) is 1.96. The highest BCUT2D eigenvalue weighted by atomic mass is 16.6. The molecule has 1 N–H and O–H groups in total. The molecule has 0 spiro atoms. The van der Waals surface area contributed by atoms with Crippen LogP contribution in [0.1, 0.15) is 49.8 Å². The Bertz CT molecular complexity index is 895. The van der Waals surface area contributed by atoms with Crippen molar-refractivity contribution in [3.05, 3.63) is 71.8 Å². The van der Waals surface area contributed by atoms with Gasteiger partial charge >= 0.3 is 6.09 Å². The molecule has 31 heavy (non-hydrogen) atoms. The monoisotopic (exact) mass is 419 g/mol. The number of amides is 2. The minimum Gasteiger partial charge on any atom is -0.445 e. The predicted octanol–water partition coefficient (Wildman–Crippen LogP) is 4.58. The van der Waals surface area contributed by atoms with Crippen molar-refractivity contribution in [3.63, 3.8) is 0 Å². The zero-order valence-electron chi connectivity index (χ0n) is 17.9. The van der Waals surface area contributed by atoms with Crippen LogP contribution in [-0.4, -0.2) is 29.5 Å². The lowest BCUT2D eigenvalue weighted by Gasteiger charge is -2.34. The summed E-state index contributed by atoms with van der Waals surface area (Å²) >= 11 is 0. The largest absolute Gasteiger partial charge is 0.445 e. The molecule has 2 aromatic rings. The standard InChI is InChI=1S/C25H29N3O3/c1-19(21-11-6-3-7-12-21)28(25(30)31-18-20-9-4-2-5-10-20)23-14-13-22(17-23)24(29)27-16-8-15-26/h2-7,9-12,19,22-23H,8,13-14,16-18H2,1H3,(H,27,29)/t19-,22+,23-/m0/s1. The second-order valence-corrected chi connectivity index (χ2v) is 7.90. The Morgan fingerprint density at radius 3 is 2.48 bits per heavy atom. The van der Waals surface area contributed by atoms with Crippen molar-refractivity contribution in [2.45, 2.75) is 51.3 Å². The van der Waals surface area contributed by atoms with Gasteiger partial charge in [-0.2, -0.15) is 5.26 Å². The summed E-state index contributed by atoms with van der Waals surface area (Å²) in [5, 5.41) is 11.5. The first-order valence-electron chi connectivity index (χ1n) is 10.8. The van der Waals surface area contributed by atoms with Gasteiger partial charge in [-0.1, -0.05) is 60.7 Å². The van der Waals surface area contributed by atoms with Crippen molar-refractivity contribution < 1.29 is 14.3 Å². The van der Waals surface area contributed by atoms with Crippen molar-refractivity contribution in [2.75, 3.05) is 6.54 Å². The quantitative estimate of drug-likeness (QED) is 0.635. The van der Waals surface area contributed by atoms with Gasteiger partial charge < -0.3 is 10.1 Å². The van der Waals surface area contributed by atoms with Crippen LogP contribution < -0.4 is 5.32 Å². The van der Waals surface area contributed by atoms with Gasteiger partial charge in [0, 0.05) is 18.5 Å². The summed E-state index contributed by atoms with van der Waals surface area (Å²) in [7, 11) is 0. The van der Waals surface area contributed by atoms with Gasteiger partial charge in [-0.3, -0.25) is 9.69 Å². The van der Waals surface area contributed by atoms with E-state index in [0.29, 0.717) is 25.8 Å². The van der Waals surface area contributed by atoms with Crippen LogP contribution in [0.5, 0.6) is 0 Å². The number of carbonyl (C=O) groups is 2. The van der Waals surface area contributed by atoms with Gasteiger partial charge in [0.05, 0.1) is 18.5 Å². The van der Waals surface area contributed by atoms with Crippen LogP contribution in [0.15, 0.2) is 60.7 Å². The molecule has 1 fully saturated rings. The van der Waals surface area contributed by atoms with Crippen LogP contribution in [-0.2, 0) is 16.1 Å². The van der Waals surface area contributed by atoms with Gasteiger partial charge in [0.1, 0.15) is 6.61 Å². The maximum atomic E-state index is 13.2. The van der Waals surface area contributed by atoms with Crippen molar-refractivity contribution in [2.24, 2.45) is 5.92 Å². The van der Waals surface area contributed by atoms with E-state index in [-0.39, 0.29) is 36.6 Å². The lowest BCUT2D eigenvalue weighted by molar-refractivity contribution is -0.124. The van der Waals surface area contributed by atoms with Crippen LogP contribution in [0.25, 0.3) is 0 Å². The summed E-state index contributed by atoms with van der Waals surface area (Å²) in [6, 6.07) is 21.3. The normalized spacial score (nSPS) is 18.6. The summed E-state index contributed by atoms with van der Waals surface area (Å²) in [4.78, 5) is 27.4. The maximum Gasteiger partial charge on any atom is 0.410 e. The lowest BCUT2D eigenvalue weighted by atomic mass is 10.0. The fraction of sp³-hybridized carbons (Fsp3) is 0.400. The average molecular weight is 420 g/mol. The Hall–Kier alpha value is -3.33. The highest BCUT2D eigenvalue weighted by Crippen LogP contribution is 2.35. The molecule has 0 saturated heterocycles. The molecule has 2 amide bonds. The maximum absolute atomic E-state index is 13.2. The van der Waals surface area contributed by atoms with Crippen LogP contribution in [0, 0.1) is 17.2 Å². The van der Waals surface area contributed by atoms with Gasteiger partial charge in [-0.25, -0.2) is 4.79 Å². The fourth-order valence-electron chi connectivity index (χ4n) is 4.14. The van der Waals surface area contributed by atoms with Crippen LogP contribution in [0.4, 0.5) is 4.79 Å². The number of rotatable bonds is 8. The second kappa shape index (κ2) is 11.2. The number of hydrogen-bond donors (Lipinski definition) is 1. The van der Waals surface area contributed by atoms with E-state index in [1.165, 1.54) is 0 Å². The van der Waals surface area contributed by atoms with E-state index in [1.807, 2.05) is 73.7 Å². The molecule has 6 heteroatoms. The molecule has 1 saturated carbocycles. The molecule has 162 valence electrons. The molecular weight excluding hydrogens is 390 g/mol. The third kappa shape index (κ3) is 6.08. The molecule has 0 aromatic heterocycles. The van der Waals surface area contributed by atoms with Crippen molar-refractivity contribution >= 4 is 12.0 Å². The summed E-state index contributed by atoms with van der Waals surface area (Å²) in [5.74, 6) is -0.196. The first-order valence-corrected chi connectivity index (χ1v) is 10.8. The Balaban J connectivity index is 1.71. The van der Waals surface area contributed by atoms with E-state index in [1.54, 1.807) is 4.90 Å². The van der Waals surface area contributed by atoms with E-state index in [9.17, 15) is 9.59 Å². The number of benzene rings is 2. The number of nitrogens with zero attached hydrogens (tertiary/aromatic N) is 2. The lowest BCUT2D eigenvalue weighted by Crippen LogP contribution is -2.41. The Kier molecular flexibility index (Phi) is 8.05. The number of nitriles is 1. The third-order valence-corrected chi connectivity index (χ3v) is 5.82. The van der Waals surface area contributed by atoms with E-state index >= 15 is 0 Å². The minimum absolute atomic E-state index is 0.0392. The number of nitrogens with one attached hydrogen (secondary N) is 1. The van der Waals surface area contributed by atoms with Gasteiger partial charge in [0.2, 0.25) is 5.91 Å². The van der Waals surface area contributed by atoms with Crippen molar-refractivity contribution in [1.82, 2.24) is 10.2 Å². The molecule has 0 bridgehead atoms. The molecular formula is C25H29N3O3. The Morgan fingerprint density at radius 1 is 1.13 bits per heavy atom. The van der Waals surface area contributed by atoms with Crippen LogP contribution >= 0.6 is 0 Å². The summed E-state index contributed by atoms with van der Waals surface area (Å²) in [6.07, 6.45) is 1.98. The molecule has 0 radical (unpaired) electrons. The van der Waals surface area contributed by atoms with Crippen LogP contribution in [0.3, 0.4) is 0 Å². The minimum atomic E-state index is -0.365. The smallest absolute Gasteiger partial charge is 0.410 e. The number of ether oxygens (including phenoxy) is 1. The van der Waals surface area contributed by atoms with E-state index in [2.05, 4.69) is 5.32 Å². The number of hydrogen-bond acceptors (Lipinski definition) is 4. The topological polar surface area (TPSA) is 82.4 Å². The van der Waals surface area contributed by atoms with Gasteiger partial charge in [0.15, 0.2) is 0 Å². The molecule has 0 aliphatic heterocycles. The third-order valence-electron chi connectivity index (χ3n) is 5.82. The van der Waals surface area contributed by atoms with Gasteiger partial charge in [0.25, 0.3) is 0 Å². The molecule has 3 atom stereocenters. The molecule has 1 aliphatic carbocycles. The predicted molar refractivity (Wildman–Crippen MR) is 118 cm³/mol. The van der Waals surface area contributed by atoms with Gasteiger partial charge in [-0.15, -0.1) is 0 Å². The van der Waals surface area contributed by atoms with E-state index < -0.39 is 0 Å². The van der Waals surface area contributed by atoms with E-state index in [0.717, 1.165) is 17.5 Å². The van der Waals surface area contributed by atoms with Crippen molar-refractivity contribution in [3.8, 4) is 6.07 Å². The SMILES string of the molecule is C[C@@H](c1ccccc1)N(C(=O)OCc1ccccc1)[C@H]1CC[C@@H](C(=O)NCCC#N)C1. The Morgan fingerprint density at radius 2 is 1.81 bits per heavy atom. The zero-order valence-corrected chi connectivity index (χ0v) is 17.9. The molecule has 0 heterocycles. The van der Waals surface area contributed by atoms with Crippen molar-refractivity contribution in [1.29, 1.82) is 5.26 Å². The Labute approximate surface area is 183 Å². The van der Waals surface area contributed by atoms with E-state index in [4.69, 9.17) is 10.00 Å². The van der Waals surface area contributed by atoms with Crippen LogP contribution in [0.2, 0.25) is 0 Å². The molecule has 2 aromatic carbocycles.